The molecule has 0 aliphatic carbocycles. The minimum atomic E-state index is -0.513. The van der Waals surface area contributed by atoms with Crippen molar-refractivity contribution in [1.82, 2.24) is 14.7 Å². The topological polar surface area (TPSA) is 76.5 Å². The molecule has 1 aromatic heterocycles. The normalized spacial score (nSPS) is 16.9. The van der Waals surface area contributed by atoms with Crippen molar-refractivity contribution in [2.75, 3.05) is 25.0 Å². The molecule has 0 radical (unpaired) electrons. The van der Waals surface area contributed by atoms with Crippen LogP contribution in [0.3, 0.4) is 0 Å². The summed E-state index contributed by atoms with van der Waals surface area (Å²) in [4.78, 5) is 26.8. The number of esters is 1. The third-order valence-electron chi connectivity index (χ3n) is 4.73. The Bertz CT molecular complexity index is 884. The van der Waals surface area contributed by atoms with Gasteiger partial charge in [-0.3, -0.25) is 14.4 Å². The fourth-order valence-corrected chi connectivity index (χ4v) is 3.72. The molecule has 0 bridgehead atoms. The summed E-state index contributed by atoms with van der Waals surface area (Å²) in [7, 11) is 1.66. The van der Waals surface area contributed by atoms with Crippen molar-refractivity contribution in [1.29, 1.82) is 0 Å². The number of nitrogens with one attached hydrogen (secondary N) is 1. The number of carbonyl (C=O) groups is 2. The molecule has 9 heteroatoms. The van der Waals surface area contributed by atoms with Gasteiger partial charge in [-0.05, 0) is 44.0 Å². The molecule has 1 N–H and O–H groups in total. The molecular formula is C19H22Cl2N4O3. The second-order valence-corrected chi connectivity index (χ2v) is 7.42. The maximum absolute atomic E-state index is 12.7. The molecule has 1 aliphatic heterocycles. The van der Waals surface area contributed by atoms with Crippen LogP contribution in [-0.2, 0) is 16.6 Å². The summed E-state index contributed by atoms with van der Waals surface area (Å²) in [5.74, 6) is -0.407. The van der Waals surface area contributed by atoms with Crippen LogP contribution in [0.1, 0.15) is 41.7 Å². The fourth-order valence-electron chi connectivity index (χ4n) is 3.41. The highest BCUT2D eigenvalue weighted by molar-refractivity contribution is 6.42. The molecule has 0 saturated carbocycles. The standard InChI is InChI=1S/C19H22Cl2N4O3/c1-3-28-19(27)13-10-22-24(2)18(13)23-17(26)11-25-8-4-5-16(25)12-6-7-14(20)15(21)9-12/h6-7,9-10,16H,3-5,8,11H2,1-2H3,(H,23,26). The zero-order valence-corrected chi connectivity index (χ0v) is 17.3. The summed E-state index contributed by atoms with van der Waals surface area (Å²) in [6.07, 6.45) is 3.31. The van der Waals surface area contributed by atoms with Crippen LogP contribution in [0.15, 0.2) is 24.4 Å². The highest BCUT2D eigenvalue weighted by atomic mass is 35.5. The molecule has 150 valence electrons. The van der Waals surface area contributed by atoms with Crippen LogP contribution in [-0.4, -0.2) is 46.3 Å². The second kappa shape index (κ2) is 8.94. The van der Waals surface area contributed by atoms with Crippen molar-refractivity contribution in [2.24, 2.45) is 7.05 Å². The molecule has 3 rings (SSSR count). The lowest BCUT2D eigenvalue weighted by Crippen LogP contribution is -2.33. The average Bonchev–Trinajstić information content (AvgIpc) is 3.25. The van der Waals surface area contributed by atoms with Gasteiger partial charge in [-0.25, -0.2) is 4.79 Å². The summed E-state index contributed by atoms with van der Waals surface area (Å²) in [5, 5.41) is 7.85. The number of hydrogen-bond donors (Lipinski definition) is 1. The van der Waals surface area contributed by atoms with Crippen LogP contribution < -0.4 is 5.32 Å². The molecular weight excluding hydrogens is 403 g/mol. The lowest BCUT2D eigenvalue weighted by molar-refractivity contribution is -0.117. The molecule has 28 heavy (non-hydrogen) atoms. The second-order valence-electron chi connectivity index (χ2n) is 6.60. The Balaban J connectivity index is 1.70. The van der Waals surface area contributed by atoms with Gasteiger partial charge in [0.2, 0.25) is 5.91 Å². The number of carbonyl (C=O) groups excluding carboxylic acids is 2. The van der Waals surface area contributed by atoms with Gasteiger partial charge in [-0.2, -0.15) is 5.10 Å². The number of benzene rings is 1. The largest absolute Gasteiger partial charge is 0.462 e. The summed E-state index contributed by atoms with van der Waals surface area (Å²) in [6, 6.07) is 5.66. The predicted octanol–water partition coefficient (Wildman–Crippen LogP) is 3.68. The van der Waals surface area contributed by atoms with Crippen molar-refractivity contribution in [2.45, 2.75) is 25.8 Å². The van der Waals surface area contributed by atoms with Gasteiger partial charge < -0.3 is 10.1 Å². The number of halogens is 2. The number of nitrogens with zero attached hydrogens (tertiary/aromatic N) is 3. The Morgan fingerprint density at radius 2 is 2.11 bits per heavy atom. The van der Waals surface area contributed by atoms with Crippen molar-refractivity contribution >= 4 is 40.9 Å². The van der Waals surface area contributed by atoms with Crippen LogP contribution in [0, 0.1) is 0 Å². The molecule has 1 aliphatic rings. The summed E-state index contributed by atoms with van der Waals surface area (Å²) in [6.45, 7) is 2.97. The maximum Gasteiger partial charge on any atom is 0.343 e. The molecule has 2 aromatic rings. The number of hydrogen-bond acceptors (Lipinski definition) is 5. The molecule has 7 nitrogen and oxygen atoms in total. The van der Waals surface area contributed by atoms with E-state index < -0.39 is 5.97 Å². The molecule has 1 fully saturated rings. The predicted molar refractivity (Wildman–Crippen MR) is 108 cm³/mol. The molecule has 2 heterocycles. The Labute approximate surface area is 173 Å². The average molecular weight is 425 g/mol. The van der Waals surface area contributed by atoms with E-state index in [0.29, 0.717) is 15.9 Å². The van der Waals surface area contributed by atoms with Gasteiger partial charge in [0, 0.05) is 13.1 Å². The van der Waals surface area contributed by atoms with Gasteiger partial charge in [-0.1, -0.05) is 29.3 Å². The van der Waals surface area contributed by atoms with Crippen molar-refractivity contribution in [3.63, 3.8) is 0 Å². The fraction of sp³-hybridized carbons (Fsp3) is 0.421. The zero-order valence-electron chi connectivity index (χ0n) is 15.7. The third kappa shape index (κ3) is 4.48. The lowest BCUT2D eigenvalue weighted by atomic mass is 10.0. The minimum Gasteiger partial charge on any atom is -0.462 e. The molecule has 1 aromatic carbocycles. The number of ether oxygens (including phenoxy) is 1. The van der Waals surface area contributed by atoms with E-state index >= 15 is 0 Å². The van der Waals surface area contributed by atoms with E-state index in [2.05, 4.69) is 15.3 Å². The van der Waals surface area contributed by atoms with E-state index in [9.17, 15) is 9.59 Å². The monoisotopic (exact) mass is 424 g/mol. The Hall–Kier alpha value is -2.09. The third-order valence-corrected chi connectivity index (χ3v) is 5.47. The van der Waals surface area contributed by atoms with Crippen LogP contribution >= 0.6 is 23.2 Å². The summed E-state index contributed by atoms with van der Waals surface area (Å²) >= 11 is 12.2. The van der Waals surface area contributed by atoms with E-state index in [1.165, 1.54) is 10.9 Å². The number of aromatic nitrogens is 2. The van der Waals surface area contributed by atoms with Gasteiger partial charge in [0.1, 0.15) is 11.4 Å². The van der Waals surface area contributed by atoms with Crippen molar-refractivity contribution in [3.05, 3.63) is 45.6 Å². The highest BCUT2D eigenvalue weighted by Gasteiger charge is 2.29. The van der Waals surface area contributed by atoms with Gasteiger partial charge in [0.05, 0.1) is 29.4 Å². The highest BCUT2D eigenvalue weighted by Crippen LogP contribution is 2.34. The number of aryl methyl sites for hydroxylation is 1. The van der Waals surface area contributed by atoms with Gasteiger partial charge in [-0.15, -0.1) is 0 Å². The Morgan fingerprint density at radius 1 is 1.32 bits per heavy atom. The first-order valence-corrected chi connectivity index (χ1v) is 9.84. The van der Waals surface area contributed by atoms with E-state index in [1.54, 1.807) is 20.0 Å². The zero-order chi connectivity index (χ0) is 20.3. The minimum absolute atomic E-state index is 0.0941. The maximum atomic E-state index is 12.7. The molecule has 0 spiro atoms. The first kappa shape index (κ1) is 20.6. The van der Waals surface area contributed by atoms with Gasteiger partial charge >= 0.3 is 5.97 Å². The summed E-state index contributed by atoms with van der Waals surface area (Å²) in [5.41, 5.74) is 1.27. The van der Waals surface area contributed by atoms with E-state index in [4.69, 9.17) is 27.9 Å². The van der Waals surface area contributed by atoms with E-state index in [1.807, 2.05) is 12.1 Å². The number of amides is 1. The summed E-state index contributed by atoms with van der Waals surface area (Å²) < 4.78 is 6.46. The first-order chi connectivity index (χ1) is 13.4. The Kier molecular flexibility index (Phi) is 6.59. The Morgan fingerprint density at radius 3 is 2.82 bits per heavy atom. The van der Waals surface area contributed by atoms with Gasteiger partial charge in [0.15, 0.2) is 0 Å². The first-order valence-electron chi connectivity index (χ1n) is 9.08. The van der Waals surface area contributed by atoms with Crippen LogP contribution in [0.2, 0.25) is 10.0 Å². The molecule has 1 atom stereocenters. The van der Waals surface area contributed by atoms with Crippen molar-refractivity contribution in [3.8, 4) is 0 Å². The van der Waals surface area contributed by atoms with E-state index in [-0.39, 0.29) is 30.7 Å². The number of likely N-dealkylation sites (tertiary alicyclic amines) is 1. The molecule has 1 saturated heterocycles. The van der Waals surface area contributed by atoms with Gasteiger partial charge in [0.25, 0.3) is 0 Å². The van der Waals surface area contributed by atoms with Crippen molar-refractivity contribution < 1.29 is 14.3 Å². The van der Waals surface area contributed by atoms with Crippen LogP contribution in [0.5, 0.6) is 0 Å². The molecule has 1 amide bonds. The number of rotatable bonds is 6. The quantitative estimate of drug-likeness (QED) is 0.715. The lowest BCUT2D eigenvalue weighted by Gasteiger charge is -2.24. The van der Waals surface area contributed by atoms with Crippen LogP contribution in [0.25, 0.3) is 0 Å². The smallest absolute Gasteiger partial charge is 0.343 e. The molecule has 1 unspecified atom stereocenters. The SMILES string of the molecule is CCOC(=O)c1cnn(C)c1NC(=O)CN1CCCC1c1ccc(Cl)c(Cl)c1. The number of anilines is 1. The van der Waals surface area contributed by atoms with E-state index in [0.717, 1.165) is 24.9 Å². The van der Waals surface area contributed by atoms with Crippen LogP contribution in [0.4, 0.5) is 5.82 Å².